The second-order valence-corrected chi connectivity index (χ2v) is 4.32. The van der Waals surface area contributed by atoms with Crippen molar-refractivity contribution in [2.45, 2.75) is 25.2 Å². The highest BCUT2D eigenvalue weighted by Crippen LogP contribution is 2.19. The van der Waals surface area contributed by atoms with E-state index in [9.17, 15) is 10.0 Å². The predicted molar refractivity (Wildman–Crippen MR) is 68.6 cm³/mol. The Morgan fingerprint density at radius 1 is 1.42 bits per heavy atom. The van der Waals surface area contributed by atoms with Gasteiger partial charge in [0, 0.05) is 7.11 Å². The van der Waals surface area contributed by atoms with Crippen LogP contribution in [0.25, 0.3) is 0 Å². The monoisotopic (exact) mass is 263 g/mol. The van der Waals surface area contributed by atoms with Gasteiger partial charge in [0.15, 0.2) is 0 Å². The molecule has 5 heteroatoms. The Morgan fingerprint density at radius 2 is 2.16 bits per heavy atom. The maximum Gasteiger partial charge on any atom is 0.434 e. The molecule has 0 unspecified atom stereocenters. The Balaban J connectivity index is 1.86. The summed E-state index contributed by atoms with van der Waals surface area (Å²) in [5, 5.41) is 10.4. The van der Waals surface area contributed by atoms with Crippen LogP contribution < -0.4 is 0 Å². The fourth-order valence-electron chi connectivity index (χ4n) is 2.01. The molecule has 0 heterocycles. The van der Waals surface area contributed by atoms with Crippen LogP contribution >= 0.6 is 0 Å². The van der Waals surface area contributed by atoms with E-state index in [1.807, 2.05) is 42.5 Å². The molecule has 0 radical (unpaired) electrons. The average molecular weight is 263 g/mol. The van der Waals surface area contributed by atoms with Crippen LogP contribution in [0.4, 0.5) is 4.79 Å². The lowest BCUT2D eigenvalue weighted by Crippen LogP contribution is -2.43. The lowest BCUT2D eigenvalue weighted by molar-refractivity contribution is -0.127. The van der Waals surface area contributed by atoms with Gasteiger partial charge in [-0.2, -0.15) is 5.06 Å². The summed E-state index contributed by atoms with van der Waals surface area (Å²) in [6.45, 7) is 0.133. The van der Waals surface area contributed by atoms with Gasteiger partial charge >= 0.3 is 6.09 Å². The lowest BCUT2D eigenvalue weighted by atomic mass is 10.2. The fourth-order valence-corrected chi connectivity index (χ4v) is 2.01. The molecule has 5 nitrogen and oxygen atoms in total. The van der Waals surface area contributed by atoms with E-state index in [0.29, 0.717) is 11.5 Å². The number of carbonyl (C=O) groups is 1. The minimum Gasteiger partial charge on any atom is -0.443 e. The van der Waals surface area contributed by atoms with Crippen LogP contribution in [-0.4, -0.2) is 35.6 Å². The number of rotatable bonds is 4. The van der Waals surface area contributed by atoms with Crippen LogP contribution in [0.15, 0.2) is 42.5 Å². The van der Waals surface area contributed by atoms with Gasteiger partial charge in [0.25, 0.3) is 0 Å². The van der Waals surface area contributed by atoms with Gasteiger partial charge in [-0.1, -0.05) is 42.5 Å². The summed E-state index contributed by atoms with van der Waals surface area (Å²) in [5.74, 6) is 0. The van der Waals surface area contributed by atoms with Gasteiger partial charge in [0.2, 0.25) is 0 Å². The van der Waals surface area contributed by atoms with E-state index in [1.165, 1.54) is 7.11 Å². The Bertz CT molecular complexity index is 446. The minimum absolute atomic E-state index is 0.133. The molecule has 1 aromatic carbocycles. The van der Waals surface area contributed by atoms with Gasteiger partial charge in [-0.3, -0.25) is 5.21 Å². The number of methoxy groups -OCH3 is 1. The molecule has 1 aliphatic carbocycles. The SMILES string of the molecule is CO[C@H]1C=CC[C@@H]1N(O)C(=O)OCc1ccccc1. The van der Waals surface area contributed by atoms with Crippen molar-refractivity contribution in [3.8, 4) is 0 Å². The van der Waals surface area contributed by atoms with Gasteiger partial charge in [0.05, 0.1) is 12.1 Å². The number of ether oxygens (including phenoxy) is 2. The molecule has 1 N–H and O–H groups in total. The number of hydrogen-bond donors (Lipinski definition) is 1. The van der Waals surface area contributed by atoms with Gasteiger partial charge < -0.3 is 9.47 Å². The molecular formula is C14H17NO4. The van der Waals surface area contributed by atoms with Crippen molar-refractivity contribution < 1.29 is 19.5 Å². The molecule has 19 heavy (non-hydrogen) atoms. The third-order valence-corrected chi connectivity index (χ3v) is 3.06. The molecule has 2 rings (SSSR count). The first-order valence-electron chi connectivity index (χ1n) is 6.10. The van der Waals surface area contributed by atoms with Crippen molar-refractivity contribution in [2.24, 2.45) is 0 Å². The normalized spacial score (nSPS) is 21.4. The van der Waals surface area contributed by atoms with Crippen LogP contribution in [0.5, 0.6) is 0 Å². The molecule has 102 valence electrons. The molecule has 1 amide bonds. The predicted octanol–water partition coefficient (Wildman–Crippen LogP) is 2.36. The van der Waals surface area contributed by atoms with E-state index < -0.39 is 12.1 Å². The van der Waals surface area contributed by atoms with Crippen molar-refractivity contribution in [3.05, 3.63) is 48.0 Å². The first-order valence-corrected chi connectivity index (χ1v) is 6.10. The summed E-state index contributed by atoms with van der Waals surface area (Å²) < 4.78 is 10.2. The summed E-state index contributed by atoms with van der Waals surface area (Å²) in [4.78, 5) is 11.7. The third-order valence-electron chi connectivity index (χ3n) is 3.06. The Morgan fingerprint density at radius 3 is 2.84 bits per heavy atom. The molecule has 0 fully saturated rings. The quantitative estimate of drug-likeness (QED) is 0.514. The van der Waals surface area contributed by atoms with E-state index in [0.717, 1.165) is 5.56 Å². The van der Waals surface area contributed by atoms with Crippen molar-refractivity contribution in [3.63, 3.8) is 0 Å². The molecule has 0 saturated heterocycles. The summed E-state index contributed by atoms with van der Waals surface area (Å²) in [6.07, 6.45) is 3.18. The number of hydroxylamine groups is 2. The summed E-state index contributed by atoms with van der Waals surface area (Å²) in [6, 6.07) is 8.89. The summed E-state index contributed by atoms with van der Waals surface area (Å²) in [5.41, 5.74) is 0.872. The standard InChI is InChI=1S/C14H17NO4/c1-18-13-9-5-8-12(13)15(17)14(16)19-10-11-6-3-2-4-7-11/h2-7,9,12-13,17H,8,10H2,1H3/t12-,13-/m0/s1. The molecule has 0 spiro atoms. The average Bonchev–Trinajstić information content (AvgIpc) is 2.93. The number of amides is 1. The van der Waals surface area contributed by atoms with E-state index >= 15 is 0 Å². The van der Waals surface area contributed by atoms with Crippen LogP contribution in [0.2, 0.25) is 0 Å². The summed E-state index contributed by atoms with van der Waals surface area (Å²) >= 11 is 0. The highest BCUT2D eigenvalue weighted by atomic mass is 16.6. The highest BCUT2D eigenvalue weighted by Gasteiger charge is 2.32. The Hall–Kier alpha value is -1.85. The number of hydrogen-bond acceptors (Lipinski definition) is 4. The van der Waals surface area contributed by atoms with E-state index in [-0.39, 0.29) is 12.7 Å². The zero-order valence-electron chi connectivity index (χ0n) is 10.7. The van der Waals surface area contributed by atoms with Gasteiger partial charge in [-0.05, 0) is 12.0 Å². The first-order chi connectivity index (χ1) is 9.22. The van der Waals surface area contributed by atoms with Crippen LogP contribution in [0.3, 0.4) is 0 Å². The van der Waals surface area contributed by atoms with E-state index in [1.54, 1.807) is 0 Å². The van der Waals surface area contributed by atoms with Gasteiger partial charge in [0.1, 0.15) is 6.61 Å². The second-order valence-electron chi connectivity index (χ2n) is 4.32. The lowest BCUT2D eigenvalue weighted by Gasteiger charge is -2.25. The number of benzene rings is 1. The van der Waals surface area contributed by atoms with Crippen molar-refractivity contribution in [2.75, 3.05) is 7.11 Å². The van der Waals surface area contributed by atoms with E-state index in [4.69, 9.17) is 9.47 Å². The molecule has 0 aliphatic heterocycles. The maximum absolute atomic E-state index is 11.7. The number of nitrogens with zero attached hydrogens (tertiary/aromatic N) is 1. The van der Waals surface area contributed by atoms with Crippen molar-refractivity contribution in [1.82, 2.24) is 5.06 Å². The highest BCUT2D eigenvalue weighted by molar-refractivity contribution is 5.66. The Labute approximate surface area is 112 Å². The number of carbonyl (C=O) groups excluding carboxylic acids is 1. The zero-order chi connectivity index (χ0) is 13.7. The van der Waals surface area contributed by atoms with Crippen molar-refractivity contribution in [1.29, 1.82) is 0 Å². The van der Waals surface area contributed by atoms with Crippen LogP contribution in [0, 0.1) is 0 Å². The van der Waals surface area contributed by atoms with E-state index in [2.05, 4.69) is 0 Å². The molecule has 0 bridgehead atoms. The van der Waals surface area contributed by atoms with Crippen LogP contribution in [0.1, 0.15) is 12.0 Å². The molecule has 0 saturated carbocycles. The zero-order valence-corrected chi connectivity index (χ0v) is 10.7. The smallest absolute Gasteiger partial charge is 0.434 e. The van der Waals surface area contributed by atoms with Crippen molar-refractivity contribution >= 4 is 6.09 Å². The Kier molecular flexibility index (Phi) is 4.54. The third kappa shape index (κ3) is 3.33. The second kappa shape index (κ2) is 6.36. The first kappa shape index (κ1) is 13.6. The molecular weight excluding hydrogens is 246 g/mol. The molecule has 0 aromatic heterocycles. The largest absolute Gasteiger partial charge is 0.443 e. The molecule has 1 aromatic rings. The fraction of sp³-hybridized carbons (Fsp3) is 0.357. The maximum atomic E-state index is 11.7. The van der Waals surface area contributed by atoms with Gasteiger partial charge in [-0.25, -0.2) is 4.79 Å². The molecule has 1 aliphatic rings. The minimum atomic E-state index is -0.764. The topological polar surface area (TPSA) is 59.0 Å². The van der Waals surface area contributed by atoms with Gasteiger partial charge in [-0.15, -0.1) is 0 Å². The summed E-state index contributed by atoms with van der Waals surface area (Å²) in [7, 11) is 1.54. The molecule has 2 atom stereocenters. The van der Waals surface area contributed by atoms with Crippen LogP contribution in [-0.2, 0) is 16.1 Å².